The molecule has 0 spiro atoms. The van der Waals surface area contributed by atoms with Gasteiger partial charge in [0.2, 0.25) is 0 Å². The lowest BCUT2D eigenvalue weighted by Gasteiger charge is -2.15. The third-order valence-corrected chi connectivity index (χ3v) is 2.37. The summed E-state index contributed by atoms with van der Waals surface area (Å²) in [7, 11) is 0. The van der Waals surface area contributed by atoms with E-state index in [1.807, 2.05) is 6.92 Å². The fraction of sp³-hybridized carbons (Fsp3) is 0.143. The van der Waals surface area contributed by atoms with E-state index in [1.165, 1.54) is 12.2 Å². The Hall–Kier alpha value is -2.36. The summed E-state index contributed by atoms with van der Waals surface area (Å²) in [6, 6.07) is 6.86. The van der Waals surface area contributed by atoms with E-state index in [2.05, 4.69) is 6.58 Å². The van der Waals surface area contributed by atoms with E-state index in [0.717, 1.165) is 10.5 Å². The highest BCUT2D eigenvalue weighted by Gasteiger charge is 2.25. The highest BCUT2D eigenvalue weighted by molar-refractivity contribution is 6.28. The van der Waals surface area contributed by atoms with Crippen molar-refractivity contribution in [3.8, 4) is 5.75 Å². The molecule has 2 rings (SSSR count). The molecule has 1 aromatic carbocycles. The molecule has 18 heavy (non-hydrogen) atoms. The molecule has 4 heteroatoms. The summed E-state index contributed by atoms with van der Waals surface area (Å²) in [6.45, 7) is 6.01. The number of nitrogens with zero attached hydrogens (tertiary/aromatic N) is 1. The van der Waals surface area contributed by atoms with Gasteiger partial charge < -0.3 is 4.74 Å². The molecule has 4 nitrogen and oxygen atoms in total. The quantitative estimate of drug-likeness (QED) is 0.600. The van der Waals surface area contributed by atoms with Gasteiger partial charge in [0.05, 0.1) is 5.69 Å². The monoisotopic (exact) mass is 243 g/mol. The first-order valence-electron chi connectivity index (χ1n) is 5.51. The minimum atomic E-state index is -0.336. The fourth-order valence-electron chi connectivity index (χ4n) is 1.57. The number of hydrogen-bond acceptors (Lipinski definition) is 3. The lowest BCUT2D eigenvalue weighted by Crippen LogP contribution is -2.29. The number of rotatable bonds is 4. The van der Waals surface area contributed by atoms with Crippen LogP contribution in [0.3, 0.4) is 0 Å². The van der Waals surface area contributed by atoms with Gasteiger partial charge in [0.15, 0.2) is 0 Å². The second kappa shape index (κ2) is 4.87. The molecule has 2 amide bonds. The molecule has 0 fully saturated rings. The Morgan fingerprint density at radius 3 is 2.56 bits per heavy atom. The zero-order valence-electron chi connectivity index (χ0n) is 10.1. The van der Waals surface area contributed by atoms with E-state index in [-0.39, 0.29) is 11.8 Å². The number of carbonyl (C=O) groups is 2. The van der Waals surface area contributed by atoms with Gasteiger partial charge in [-0.25, -0.2) is 4.90 Å². The highest BCUT2D eigenvalue weighted by Crippen LogP contribution is 2.24. The zero-order valence-corrected chi connectivity index (χ0v) is 10.1. The maximum atomic E-state index is 11.5. The normalized spacial score (nSPS) is 14.2. The van der Waals surface area contributed by atoms with Crippen LogP contribution in [0, 0.1) is 0 Å². The molecule has 0 saturated heterocycles. The van der Waals surface area contributed by atoms with Crippen LogP contribution in [0.15, 0.2) is 48.6 Å². The molecule has 92 valence electrons. The largest absolute Gasteiger partial charge is 0.489 e. The van der Waals surface area contributed by atoms with Gasteiger partial charge >= 0.3 is 0 Å². The molecule has 0 unspecified atom stereocenters. The molecule has 0 aliphatic carbocycles. The van der Waals surface area contributed by atoms with E-state index in [1.54, 1.807) is 24.3 Å². The summed E-state index contributed by atoms with van der Waals surface area (Å²) in [5.41, 5.74) is 1.41. The minimum Gasteiger partial charge on any atom is -0.489 e. The SMILES string of the molecule is C=C(C)COc1cccc(N2C(=O)C=CC2=O)c1. The average Bonchev–Trinajstić information content (AvgIpc) is 2.67. The number of amides is 2. The van der Waals surface area contributed by atoms with Gasteiger partial charge in [-0.15, -0.1) is 0 Å². The van der Waals surface area contributed by atoms with Crippen molar-refractivity contribution in [3.05, 3.63) is 48.6 Å². The topological polar surface area (TPSA) is 46.6 Å². The van der Waals surface area contributed by atoms with Crippen LogP contribution in [-0.4, -0.2) is 18.4 Å². The molecule has 0 radical (unpaired) electrons. The highest BCUT2D eigenvalue weighted by atomic mass is 16.5. The van der Waals surface area contributed by atoms with Crippen molar-refractivity contribution in [1.82, 2.24) is 0 Å². The van der Waals surface area contributed by atoms with Crippen molar-refractivity contribution >= 4 is 17.5 Å². The Morgan fingerprint density at radius 2 is 1.94 bits per heavy atom. The van der Waals surface area contributed by atoms with Crippen LogP contribution in [0.4, 0.5) is 5.69 Å². The number of carbonyl (C=O) groups excluding carboxylic acids is 2. The molecule has 0 atom stereocenters. The van der Waals surface area contributed by atoms with Gasteiger partial charge in [0, 0.05) is 18.2 Å². The maximum Gasteiger partial charge on any atom is 0.258 e. The second-order valence-corrected chi connectivity index (χ2v) is 4.09. The van der Waals surface area contributed by atoms with E-state index in [4.69, 9.17) is 4.74 Å². The zero-order chi connectivity index (χ0) is 13.1. The van der Waals surface area contributed by atoms with Crippen molar-refractivity contribution in [2.45, 2.75) is 6.92 Å². The summed E-state index contributed by atoms with van der Waals surface area (Å²) in [5, 5.41) is 0. The van der Waals surface area contributed by atoms with Crippen LogP contribution in [0.5, 0.6) is 5.75 Å². The summed E-state index contributed by atoms with van der Waals surface area (Å²) in [6.07, 6.45) is 2.51. The first-order chi connectivity index (χ1) is 8.58. The standard InChI is InChI=1S/C14H13NO3/c1-10(2)9-18-12-5-3-4-11(8-12)15-13(16)6-7-14(15)17/h3-8H,1,9H2,2H3. The Morgan fingerprint density at radius 1 is 1.28 bits per heavy atom. The van der Waals surface area contributed by atoms with Gasteiger partial charge in [-0.05, 0) is 24.6 Å². The Balaban J connectivity index is 2.19. The van der Waals surface area contributed by atoms with Gasteiger partial charge in [0.25, 0.3) is 11.8 Å². The minimum absolute atomic E-state index is 0.336. The Bertz CT molecular complexity index is 528. The predicted molar refractivity (Wildman–Crippen MR) is 68.4 cm³/mol. The number of ether oxygens (including phenoxy) is 1. The molecule has 1 aliphatic rings. The van der Waals surface area contributed by atoms with Crippen molar-refractivity contribution < 1.29 is 14.3 Å². The smallest absolute Gasteiger partial charge is 0.258 e. The van der Waals surface area contributed by atoms with E-state index in [9.17, 15) is 9.59 Å². The van der Waals surface area contributed by atoms with Gasteiger partial charge in [0.1, 0.15) is 12.4 Å². The van der Waals surface area contributed by atoms with E-state index < -0.39 is 0 Å². The fourth-order valence-corrected chi connectivity index (χ4v) is 1.57. The third-order valence-electron chi connectivity index (χ3n) is 2.37. The molecule has 1 aromatic rings. The van der Waals surface area contributed by atoms with Crippen LogP contribution in [-0.2, 0) is 9.59 Å². The van der Waals surface area contributed by atoms with Crippen LogP contribution >= 0.6 is 0 Å². The number of benzene rings is 1. The van der Waals surface area contributed by atoms with Crippen LogP contribution in [0.1, 0.15) is 6.92 Å². The summed E-state index contributed by atoms with van der Waals surface area (Å²) in [4.78, 5) is 24.2. The lowest BCUT2D eigenvalue weighted by atomic mass is 10.2. The first kappa shape index (κ1) is 12.1. The molecule has 1 heterocycles. The lowest BCUT2D eigenvalue weighted by molar-refractivity contribution is -0.119. The van der Waals surface area contributed by atoms with Gasteiger partial charge in [-0.2, -0.15) is 0 Å². The summed E-state index contributed by atoms with van der Waals surface area (Å²) >= 11 is 0. The van der Waals surface area contributed by atoms with E-state index >= 15 is 0 Å². The molecule has 0 aromatic heterocycles. The molecular weight excluding hydrogens is 230 g/mol. The van der Waals surface area contributed by atoms with Crippen molar-refractivity contribution in [2.24, 2.45) is 0 Å². The Kier molecular flexibility index (Phi) is 3.28. The number of imide groups is 1. The predicted octanol–water partition coefficient (Wildman–Crippen LogP) is 2.07. The van der Waals surface area contributed by atoms with Crippen molar-refractivity contribution in [2.75, 3.05) is 11.5 Å². The Labute approximate surface area is 105 Å². The maximum absolute atomic E-state index is 11.5. The number of hydrogen-bond donors (Lipinski definition) is 0. The van der Waals surface area contributed by atoms with Gasteiger partial charge in [-0.1, -0.05) is 12.6 Å². The van der Waals surface area contributed by atoms with Gasteiger partial charge in [-0.3, -0.25) is 9.59 Å². The van der Waals surface area contributed by atoms with Crippen LogP contribution in [0.25, 0.3) is 0 Å². The molecule has 0 saturated carbocycles. The average molecular weight is 243 g/mol. The van der Waals surface area contributed by atoms with Crippen molar-refractivity contribution in [3.63, 3.8) is 0 Å². The summed E-state index contributed by atoms with van der Waals surface area (Å²) < 4.78 is 5.47. The second-order valence-electron chi connectivity index (χ2n) is 4.09. The summed E-state index contributed by atoms with van der Waals surface area (Å²) in [5.74, 6) is -0.0721. The molecule has 1 aliphatic heterocycles. The van der Waals surface area contributed by atoms with Crippen molar-refractivity contribution in [1.29, 1.82) is 0 Å². The first-order valence-corrected chi connectivity index (χ1v) is 5.51. The molecular formula is C14H13NO3. The third kappa shape index (κ3) is 2.48. The van der Waals surface area contributed by atoms with Crippen LogP contribution < -0.4 is 9.64 Å². The molecule has 0 N–H and O–H groups in total. The number of anilines is 1. The van der Waals surface area contributed by atoms with Crippen LogP contribution in [0.2, 0.25) is 0 Å². The molecule has 0 bridgehead atoms. The van der Waals surface area contributed by atoms with E-state index in [0.29, 0.717) is 18.0 Å².